The highest BCUT2D eigenvalue weighted by Crippen LogP contribution is 2.23. The number of aromatic nitrogens is 1. The number of carbonyl (C=O) groups is 1. The van der Waals surface area contributed by atoms with Crippen LogP contribution in [-0.4, -0.2) is 30.4 Å². The standard InChI is InChI=1S/C15H25N3O3/c1-4-13(14-10(2)18-21-11(14)3)17-15(19)16-12-6-5-8-20-9-7-12/h12-13H,4-9H2,1-3H3,(H2,16,17,19). The zero-order chi connectivity index (χ0) is 15.2. The molecule has 0 spiro atoms. The van der Waals surface area contributed by atoms with Crippen LogP contribution in [0, 0.1) is 13.8 Å². The third-order valence-corrected chi connectivity index (χ3v) is 3.94. The maximum Gasteiger partial charge on any atom is 0.315 e. The van der Waals surface area contributed by atoms with Crippen molar-refractivity contribution in [2.75, 3.05) is 13.2 Å². The van der Waals surface area contributed by atoms with Gasteiger partial charge >= 0.3 is 6.03 Å². The van der Waals surface area contributed by atoms with Gasteiger partial charge in [-0.3, -0.25) is 0 Å². The minimum Gasteiger partial charge on any atom is -0.381 e. The van der Waals surface area contributed by atoms with E-state index in [0.717, 1.165) is 49.3 Å². The van der Waals surface area contributed by atoms with Crippen molar-refractivity contribution in [3.63, 3.8) is 0 Å². The summed E-state index contributed by atoms with van der Waals surface area (Å²) in [6.45, 7) is 7.32. The molecule has 6 heteroatoms. The van der Waals surface area contributed by atoms with Crippen LogP contribution in [0.5, 0.6) is 0 Å². The van der Waals surface area contributed by atoms with Gasteiger partial charge < -0.3 is 19.9 Å². The number of nitrogens with zero attached hydrogens (tertiary/aromatic N) is 1. The summed E-state index contributed by atoms with van der Waals surface area (Å²) < 4.78 is 10.6. The molecule has 0 saturated carbocycles. The molecule has 1 aliphatic rings. The van der Waals surface area contributed by atoms with Crippen molar-refractivity contribution in [2.24, 2.45) is 0 Å². The first-order chi connectivity index (χ1) is 10.1. The molecule has 2 unspecified atom stereocenters. The summed E-state index contributed by atoms with van der Waals surface area (Å²) >= 11 is 0. The van der Waals surface area contributed by atoms with Gasteiger partial charge in [0.15, 0.2) is 0 Å². The molecule has 1 fully saturated rings. The second-order valence-electron chi connectivity index (χ2n) is 5.56. The quantitative estimate of drug-likeness (QED) is 0.895. The number of rotatable bonds is 4. The lowest BCUT2D eigenvalue weighted by molar-refractivity contribution is 0.142. The highest BCUT2D eigenvalue weighted by molar-refractivity contribution is 5.74. The minimum atomic E-state index is -0.131. The van der Waals surface area contributed by atoms with Crippen molar-refractivity contribution in [1.82, 2.24) is 15.8 Å². The fourth-order valence-corrected chi connectivity index (χ4v) is 2.80. The van der Waals surface area contributed by atoms with Crippen LogP contribution in [0.4, 0.5) is 4.79 Å². The molecule has 2 N–H and O–H groups in total. The number of amides is 2. The molecule has 2 amide bonds. The minimum absolute atomic E-state index is 0.0710. The van der Waals surface area contributed by atoms with E-state index in [2.05, 4.69) is 15.8 Å². The number of carbonyl (C=O) groups excluding carboxylic acids is 1. The van der Waals surface area contributed by atoms with Crippen LogP contribution in [-0.2, 0) is 4.74 Å². The second kappa shape index (κ2) is 7.45. The summed E-state index contributed by atoms with van der Waals surface area (Å²) in [5, 5.41) is 10.0. The molecule has 118 valence electrons. The van der Waals surface area contributed by atoms with Crippen molar-refractivity contribution in [1.29, 1.82) is 0 Å². The highest BCUT2D eigenvalue weighted by Gasteiger charge is 2.22. The SMILES string of the molecule is CCC(NC(=O)NC1CCCOCC1)c1c(C)noc1C. The molecule has 0 bridgehead atoms. The number of nitrogens with one attached hydrogen (secondary N) is 2. The first-order valence-electron chi connectivity index (χ1n) is 7.69. The fourth-order valence-electron chi connectivity index (χ4n) is 2.80. The number of hydrogen-bond donors (Lipinski definition) is 2. The Labute approximate surface area is 125 Å². The summed E-state index contributed by atoms with van der Waals surface area (Å²) in [6.07, 6.45) is 3.63. The van der Waals surface area contributed by atoms with E-state index >= 15 is 0 Å². The Bertz CT molecular complexity index is 445. The summed E-state index contributed by atoms with van der Waals surface area (Å²) in [6, 6.07) is -0.0123. The van der Waals surface area contributed by atoms with Crippen LogP contribution in [0.25, 0.3) is 0 Å². The van der Waals surface area contributed by atoms with Gasteiger partial charge in [-0.2, -0.15) is 0 Å². The van der Waals surface area contributed by atoms with Crippen LogP contribution in [0.15, 0.2) is 4.52 Å². The third-order valence-electron chi connectivity index (χ3n) is 3.94. The maximum atomic E-state index is 12.2. The zero-order valence-corrected chi connectivity index (χ0v) is 13.1. The number of urea groups is 1. The predicted octanol–water partition coefficient (Wildman–Crippen LogP) is 2.61. The van der Waals surface area contributed by atoms with Crippen molar-refractivity contribution in [3.05, 3.63) is 17.0 Å². The second-order valence-corrected chi connectivity index (χ2v) is 5.56. The lowest BCUT2D eigenvalue weighted by Gasteiger charge is -2.21. The van der Waals surface area contributed by atoms with Crippen molar-refractivity contribution in [2.45, 2.75) is 58.5 Å². The van der Waals surface area contributed by atoms with Crippen molar-refractivity contribution < 1.29 is 14.1 Å². The van der Waals surface area contributed by atoms with Gasteiger partial charge in [0.25, 0.3) is 0 Å². The Balaban J connectivity index is 1.93. The molecule has 2 heterocycles. The van der Waals surface area contributed by atoms with Gasteiger partial charge in [0, 0.05) is 24.8 Å². The van der Waals surface area contributed by atoms with Crippen LogP contribution >= 0.6 is 0 Å². The largest absolute Gasteiger partial charge is 0.381 e. The Kier molecular flexibility index (Phi) is 5.61. The topological polar surface area (TPSA) is 76.4 Å². The molecule has 21 heavy (non-hydrogen) atoms. The zero-order valence-electron chi connectivity index (χ0n) is 13.1. The summed E-state index contributed by atoms with van der Waals surface area (Å²) in [4.78, 5) is 12.2. The van der Waals surface area contributed by atoms with Crippen molar-refractivity contribution in [3.8, 4) is 0 Å². The molecule has 0 aliphatic carbocycles. The van der Waals surface area contributed by atoms with Gasteiger partial charge in [0.1, 0.15) is 5.76 Å². The summed E-state index contributed by atoms with van der Waals surface area (Å²) in [5.74, 6) is 0.766. The molecule has 1 aromatic heterocycles. The highest BCUT2D eigenvalue weighted by atomic mass is 16.5. The maximum absolute atomic E-state index is 12.2. The molecule has 2 atom stereocenters. The van der Waals surface area contributed by atoms with E-state index in [1.165, 1.54) is 0 Å². The van der Waals surface area contributed by atoms with Gasteiger partial charge in [-0.05, 0) is 39.5 Å². The lowest BCUT2D eigenvalue weighted by Crippen LogP contribution is -2.43. The molecule has 1 aliphatic heterocycles. The Morgan fingerprint density at radius 3 is 2.86 bits per heavy atom. The molecule has 1 saturated heterocycles. The summed E-state index contributed by atoms with van der Waals surface area (Å²) in [7, 11) is 0. The molecule has 6 nitrogen and oxygen atoms in total. The van der Waals surface area contributed by atoms with Crippen LogP contribution < -0.4 is 10.6 Å². The van der Waals surface area contributed by atoms with E-state index < -0.39 is 0 Å². The monoisotopic (exact) mass is 295 g/mol. The first-order valence-corrected chi connectivity index (χ1v) is 7.69. The van der Waals surface area contributed by atoms with Gasteiger partial charge in [0.05, 0.1) is 11.7 Å². The fraction of sp³-hybridized carbons (Fsp3) is 0.733. The molecular formula is C15H25N3O3. The van der Waals surface area contributed by atoms with E-state index in [-0.39, 0.29) is 18.1 Å². The number of hydrogen-bond acceptors (Lipinski definition) is 4. The van der Waals surface area contributed by atoms with E-state index in [1.807, 2.05) is 20.8 Å². The number of aryl methyl sites for hydroxylation is 2. The van der Waals surface area contributed by atoms with Crippen LogP contribution in [0.2, 0.25) is 0 Å². The van der Waals surface area contributed by atoms with E-state index in [0.29, 0.717) is 6.61 Å². The van der Waals surface area contributed by atoms with Gasteiger partial charge in [-0.15, -0.1) is 0 Å². The average Bonchev–Trinajstić information content (AvgIpc) is 2.68. The first kappa shape index (κ1) is 15.8. The van der Waals surface area contributed by atoms with Gasteiger partial charge in [0.2, 0.25) is 0 Å². The third kappa shape index (κ3) is 4.20. The molecule has 0 radical (unpaired) electrons. The molecule has 2 rings (SSSR count). The average molecular weight is 295 g/mol. The number of ether oxygens (including phenoxy) is 1. The normalized spacial score (nSPS) is 20.6. The molecular weight excluding hydrogens is 270 g/mol. The summed E-state index contributed by atoms with van der Waals surface area (Å²) in [5.41, 5.74) is 1.82. The van der Waals surface area contributed by atoms with Crippen LogP contribution in [0.1, 0.15) is 55.7 Å². The Morgan fingerprint density at radius 1 is 1.38 bits per heavy atom. The molecule has 1 aromatic rings. The van der Waals surface area contributed by atoms with Crippen molar-refractivity contribution >= 4 is 6.03 Å². The Hall–Kier alpha value is -1.56. The van der Waals surface area contributed by atoms with E-state index in [1.54, 1.807) is 0 Å². The smallest absolute Gasteiger partial charge is 0.315 e. The van der Waals surface area contributed by atoms with E-state index in [9.17, 15) is 4.79 Å². The van der Waals surface area contributed by atoms with Gasteiger partial charge in [-0.1, -0.05) is 12.1 Å². The lowest BCUT2D eigenvalue weighted by atomic mass is 10.0. The Morgan fingerprint density at radius 2 is 2.19 bits per heavy atom. The predicted molar refractivity (Wildman–Crippen MR) is 79.1 cm³/mol. The van der Waals surface area contributed by atoms with Crippen LogP contribution in [0.3, 0.4) is 0 Å². The van der Waals surface area contributed by atoms with E-state index in [4.69, 9.17) is 9.26 Å². The van der Waals surface area contributed by atoms with Gasteiger partial charge in [-0.25, -0.2) is 4.79 Å². The molecule has 0 aromatic carbocycles.